The maximum atomic E-state index is 10.1. The number of hydrogen-bond acceptors (Lipinski definition) is 6. The van der Waals surface area contributed by atoms with Gasteiger partial charge in [-0.15, -0.1) is 11.3 Å². The van der Waals surface area contributed by atoms with E-state index in [1.54, 1.807) is 11.3 Å². The first kappa shape index (κ1) is 51.7. The third-order valence-electron chi connectivity index (χ3n) is 16.5. The first-order valence-electron chi connectivity index (χ1n) is 31.0. The van der Waals surface area contributed by atoms with E-state index < -0.39 is 11.8 Å². The average Bonchev–Trinajstić information content (AvgIpc) is 1.51. The molecule has 13 rings (SSSR count). The Morgan fingerprint density at radius 1 is 0.541 bits per heavy atom. The number of anilines is 4. The standard InChI is InChI=1S/C78H73N5OS/c1-75(2,3)45-53-39-71(80-47-65(53)52-37-54(76(4,5)6)40-55(38-52)77(7,8)9)83-68-35-34-61-60-32-30-49(46-79)36-70(60)85-74(61)72(68)62-33-31-59(44-69(62)83)84-58-27-21-26-57(43-58)81-48-82(67-29-20-19-28-66(67)81)73-63(50-22-15-13-16-23-50)41-56(78(10,11)12)42-64(73)51-24-17-14-18-25-51/h13-44,47H,45,48H2,1-12H3/i45D2,47D. The molecule has 0 spiro atoms. The largest absolute Gasteiger partial charge is 0.457 e. The van der Waals surface area contributed by atoms with E-state index >= 15 is 0 Å². The average molecular weight is 1130 g/mol. The lowest BCUT2D eigenvalue weighted by Gasteiger charge is -2.30. The molecule has 0 bridgehead atoms. The Hall–Kier alpha value is -8.96. The molecule has 0 saturated carbocycles. The van der Waals surface area contributed by atoms with Gasteiger partial charge in [-0.25, -0.2) is 4.98 Å². The maximum absolute atomic E-state index is 10.1. The number of pyridine rings is 1. The predicted octanol–water partition coefficient (Wildman–Crippen LogP) is 21.9. The number of fused-ring (bicyclic) bond motifs is 8. The van der Waals surface area contributed by atoms with Crippen molar-refractivity contribution in [1.29, 1.82) is 5.26 Å². The van der Waals surface area contributed by atoms with E-state index in [1.165, 1.54) is 16.7 Å². The fraction of sp³-hybridized carbons (Fsp3) is 0.231. The molecule has 0 fully saturated rings. The van der Waals surface area contributed by atoms with Crippen molar-refractivity contribution in [2.45, 2.75) is 106 Å². The van der Waals surface area contributed by atoms with Crippen LogP contribution in [0.15, 0.2) is 200 Å². The van der Waals surface area contributed by atoms with Gasteiger partial charge in [-0.2, -0.15) is 5.26 Å². The zero-order chi connectivity index (χ0) is 62.0. The van der Waals surface area contributed by atoms with Gasteiger partial charge in [-0.05, 0) is 140 Å². The Morgan fingerprint density at radius 2 is 1.13 bits per heavy atom. The van der Waals surface area contributed by atoms with Crippen LogP contribution in [0, 0.1) is 16.7 Å². The molecule has 1 aliphatic heterocycles. The SMILES string of the molecule is [2H]c1nc(-n2c3cc(Oc4cccc(N5CN(c6c(-c7ccccc7)cc(C(C)(C)C)cc6-c6ccccc6)c6ccccc65)c4)ccc3c3c4sc5cc(C#N)ccc5c4ccc32)cc(C([2H])([2H])C(C)(C)C)c1-c1cc(C(C)(C)C)cc(C(C)(C)C)c1. The number of thiophene rings is 1. The molecule has 7 heteroatoms. The minimum atomic E-state index is -1.91. The summed E-state index contributed by atoms with van der Waals surface area (Å²) in [5, 5.41) is 14.1. The smallest absolute Gasteiger partial charge is 0.137 e. The summed E-state index contributed by atoms with van der Waals surface area (Å²) in [7, 11) is 0. The molecular formula is C78H73N5OS. The van der Waals surface area contributed by atoms with Crippen molar-refractivity contribution < 1.29 is 8.85 Å². The number of benzene rings is 9. The van der Waals surface area contributed by atoms with E-state index in [0.29, 0.717) is 40.7 Å². The fourth-order valence-corrected chi connectivity index (χ4v) is 13.4. The third kappa shape index (κ3) is 10.3. The highest BCUT2D eigenvalue weighted by Crippen LogP contribution is 2.52. The Balaban J connectivity index is 0.965. The number of para-hydroxylation sites is 2. The van der Waals surface area contributed by atoms with E-state index in [2.05, 4.69) is 240 Å². The predicted molar refractivity (Wildman–Crippen MR) is 360 cm³/mol. The van der Waals surface area contributed by atoms with Crippen LogP contribution in [0.25, 0.3) is 81.2 Å². The van der Waals surface area contributed by atoms with Crippen LogP contribution in [0.5, 0.6) is 11.5 Å². The molecule has 0 amide bonds. The molecule has 6 nitrogen and oxygen atoms in total. The van der Waals surface area contributed by atoms with Crippen molar-refractivity contribution in [3.05, 3.63) is 228 Å². The van der Waals surface area contributed by atoms with Gasteiger partial charge in [0.2, 0.25) is 0 Å². The number of nitrogens with zero attached hydrogens (tertiary/aromatic N) is 5. The zero-order valence-electron chi connectivity index (χ0n) is 53.7. The van der Waals surface area contributed by atoms with E-state index in [-0.39, 0.29) is 22.4 Å². The molecule has 0 unspecified atom stereocenters. The molecule has 85 heavy (non-hydrogen) atoms. The summed E-state index contributed by atoms with van der Waals surface area (Å²) in [4.78, 5) is 10.1. The lowest BCUT2D eigenvalue weighted by Crippen LogP contribution is -2.25. The molecular weight excluding hydrogens is 1050 g/mol. The molecule has 3 aromatic heterocycles. The highest BCUT2D eigenvalue weighted by molar-refractivity contribution is 7.26. The summed E-state index contributed by atoms with van der Waals surface area (Å²) >= 11 is 1.66. The molecule has 422 valence electrons. The maximum Gasteiger partial charge on any atom is 0.137 e. The first-order chi connectivity index (χ1) is 41.8. The summed E-state index contributed by atoms with van der Waals surface area (Å²) in [6, 6.07) is 70.3. The van der Waals surface area contributed by atoms with Crippen LogP contribution < -0.4 is 14.5 Å². The Kier molecular flexibility index (Phi) is 12.6. The second-order valence-electron chi connectivity index (χ2n) is 27.0. The van der Waals surface area contributed by atoms with Gasteiger partial charge in [0.05, 0.1) is 41.1 Å². The molecule has 4 heterocycles. The van der Waals surface area contributed by atoms with Crippen molar-refractivity contribution in [3.63, 3.8) is 0 Å². The van der Waals surface area contributed by atoms with E-state index in [9.17, 15) is 9.37 Å². The molecule has 9 aromatic carbocycles. The van der Waals surface area contributed by atoms with E-state index in [4.69, 9.17) is 9.72 Å². The lowest BCUT2D eigenvalue weighted by molar-refractivity contribution is 0.411. The van der Waals surface area contributed by atoms with Gasteiger partial charge >= 0.3 is 0 Å². The summed E-state index contributed by atoms with van der Waals surface area (Å²) in [5.41, 5.74) is 15.0. The minimum Gasteiger partial charge on any atom is -0.457 e. The molecule has 12 aromatic rings. The summed E-state index contributed by atoms with van der Waals surface area (Å²) in [6.45, 7) is 26.3. The minimum absolute atomic E-state index is 0.00529. The van der Waals surface area contributed by atoms with Crippen LogP contribution in [0.1, 0.15) is 115 Å². The molecule has 0 atom stereocenters. The second kappa shape index (κ2) is 20.7. The summed E-state index contributed by atoms with van der Waals surface area (Å²) < 4.78 is 41.4. The van der Waals surface area contributed by atoms with Crippen LogP contribution in [0.2, 0.25) is 0 Å². The van der Waals surface area contributed by atoms with Crippen molar-refractivity contribution in [2.24, 2.45) is 5.41 Å². The molecule has 0 N–H and O–H groups in total. The second-order valence-corrected chi connectivity index (χ2v) is 28.0. The lowest BCUT2D eigenvalue weighted by atomic mass is 9.78. The van der Waals surface area contributed by atoms with Crippen LogP contribution in [0.4, 0.5) is 22.7 Å². The highest BCUT2D eigenvalue weighted by Gasteiger charge is 2.33. The highest BCUT2D eigenvalue weighted by atomic mass is 32.1. The van der Waals surface area contributed by atoms with E-state index in [0.717, 1.165) is 92.5 Å². The van der Waals surface area contributed by atoms with Crippen LogP contribution >= 0.6 is 11.3 Å². The number of aromatic nitrogens is 2. The van der Waals surface area contributed by atoms with Crippen LogP contribution in [-0.2, 0) is 22.6 Å². The van der Waals surface area contributed by atoms with Crippen molar-refractivity contribution in [1.82, 2.24) is 9.55 Å². The van der Waals surface area contributed by atoms with Gasteiger partial charge in [-0.1, -0.05) is 192 Å². The number of hydrogen-bond donors (Lipinski definition) is 0. The quantitative estimate of drug-likeness (QED) is 0.144. The first-order valence-corrected chi connectivity index (χ1v) is 30.3. The monoisotopic (exact) mass is 1130 g/mol. The molecule has 0 aliphatic carbocycles. The normalized spacial score (nSPS) is 13.8. The van der Waals surface area contributed by atoms with E-state index in [1.807, 2.05) is 57.2 Å². The topological polar surface area (TPSA) is 57.3 Å². The number of rotatable bonds is 9. The van der Waals surface area contributed by atoms with Gasteiger partial charge in [-0.3, -0.25) is 4.57 Å². The fourth-order valence-electron chi connectivity index (χ4n) is 12.1. The molecule has 0 radical (unpaired) electrons. The van der Waals surface area contributed by atoms with Gasteiger partial charge in [0, 0.05) is 74.4 Å². The van der Waals surface area contributed by atoms with Crippen LogP contribution in [-0.4, -0.2) is 16.2 Å². The Morgan fingerprint density at radius 3 is 1.75 bits per heavy atom. The number of ether oxygens (including phenoxy) is 1. The Bertz CT molecular complexity index is 4700. The van der Waals surface area contributed by atoms with Gasteiger partial charge in [0.15, 0.2) is 0 Å². The Labute approximate surface area is 509 Å². The summed E-state index contributed by atoms with van der Waals surface area (Å²) in [5.74, 6) is 1.69. The van der Waals surface area contributed by atoms with Gasteiger partial charge in [0.25, 0.3) is 0 Å². The van der Waals surface area contributed by atoms with Crippen LogP contribution in [0.3, 0.4) is 0 Å². The molecule has 1 aliphatic rings. The molecule has 0 saturated heterocycles. The van der Waals surface area contributed by atoms with Crippen molar-refractivity contribution in [3.8, 4) is 56.8 Å². The summed E-state index contributed by atoms with van der Waals surface area (Å²) in [6.07, 6.45) is -1.92. The van der Waals surface area contributed by atoms with Crippen molar-refractivity contribution >= 4 is 76.1 Å². The number of nitriles is 1. The third-order valence-corrected chi connectivity index (χ3v) is 17.7. The van der Waals surface area contributed by atoms with Gasteiger partial charge < -0.3 is 14.5 Å². The van der Waals surface area contributed by atoms with Gasteiger partial charge in [0.1, 0.15) is 24.0 Å². The zero-order valence-corrected chi connectivity index (χ0v) is 51.6. The van der Waals surface area contributed by atoms with Crippen molar-refractivity contribution in [2.75, 3.05) is 16.5 Å².